The molecule has 30 heavy (non-hydrogen) atoms. The molecule has 148 valence electrons. The predicted octanol–water partition coefficient (Wildman–Crippen LogP) is 5.35. The molecule has 0 spiro atoms. The Bertz CT molecular complexity index is 1420. The van der Waals surface area contributed by atoms with Gasteiger partial charge in [0.1, 0.15) is 11.2 Å². The average molecular weight is 415 g/mol. The number of hydrogen-bond acceptors (Lipinski definition) is 4. The highest BCUT2D eigenvalue weighted by atomic mass is 32.1. The number of halogens is 1. The lowest BCUT2D eigenvalue weighted by atomic mass is 10.0. The van der Waals surface area contributed by atoms with E-state index in [1.54, 1.807) is 0 Å². The lowest BCUT2D eigenvalue weighted by Crippen LogP contribution is -2.20. The minimum atomic E-state index is -0.181. The van der Waals surface area contributed by atoms with Crippen molar-refractivity contribution in [1.29, 1.82) is 0 Å². The van der Waals surface area contributed by atoms with E-state index >= 15 is 0 Å². The summed E-state index contributed by atoms with van der Waals surface area (Å²) in [6, 6.07) is 15.5. The summed E-state index contributed by atoms with van der Waals surface area (Å²) in [5, 5.41) is 11.8. The van der Waals surface area contributed by atoms with Gasteiger partial charge in [-0.3, -0.25) is 5.10 Å². The van der Waals surface area contributed by atoms with Crippen LogP contribution >= 0.6 is 11.3 Å². The van der Waals surface area contributed by atoms with Crippen LogP contribution in [0.3, 0.4) is 0 Å². The van der Waals surface area contributed by atoms with E-state index in [0.29, 0.717) is 0 Å². The van der Waals surface area contributed by atoms with E-state index in [2.05, 4.69) is 38.7 Å². The van der Waals surface area contributed by atoms with Crippen LogP contribution in [0.1, 0.15) is 12.1 Å². The first kappa shape index (κ1) is 17.6. The third-order valence-electron chi connectivity index (χ3n) is 5.56. The molecule has 1 aliphatic heterocycles. The third-order valence-corrected chi connectivity index (χ3v) is 6.47. The van der Waals surface area contributed by atoms with Crippen LogP contribution in [0, 0.1) is 5.13 Å². The van der Waals surface area contributed by atoms with E-state index < -0.39 is 0 Å². The summed E-state index contributed by atoms with van der Waals surface area (Å²) in [6.45, 7) is 1.85. The molecular formula is C23H18FN5S. The fraction of sp³-hybridized carbons (Fsp3) is 0.130. The zero-order chi connectivity index (χ0) is 20.1. The van der Waals surface area contributed by atoms with Gasteiger partial charge in [0.15, 0.2) is 5.13 Å². The Morgan fingerprint density at radius 3 is 2.83 bits per heavy atom. The molecule has 0 bridgehead atoms. The molecule has 4 aromatic heterocycles. The molecule has 5 nitrogen and oxygen atoms in total. The summed E-state index contributed by atoms with van der Waals surface area (Å²) in [7, 11) is 0. The summed E-state index contributed by atoms with van der Waals surface area (Å²) in [6.07, 6.45) is 3.17. The number of H-pyrrole nitrogens is 2. The number of rotatable bonds is 3. The van der Waals surface area contributed by atoms with Gasteiger partial charge in [-0.05, 0) is 54.9 Å². The highest BCUT2D eigenvalue weighted by Crippen LogP contribution is 2.36. The zero-order valence-corrected chi connectivity index (χ0v) is 16.8. The molecule has 0 radical (unpaired) electrons. The van der Waals surface area contributed by atoms with E-state index in [4.69, 9.17) is 4.98 Å². The van der Waals surface area contributed by atoms with E-state index in [9.17, 15) is 4.39 Å². The highest BCUT2D eigenvalue weighted by molar-refractivity contribution is 7.14. The quantitative estimate of drug-likeness (QED) is 0.372. The molecule has 0 saturated carbocycles. The zero-order valence-electron chi connectivity index (χ0n) is 16.0. The molecular weight excluding hydrogens is 397 g/mol. The topological polar surface area (TPSA) is 69.4 Å². The maximum absolute atomic E-state index is 13.6. The Hall–Kier alpha value is -3.29. The fourth-order valence-corrected chi connectivity index (χ4v) is 4.85. The molecule has 0 aliphatic carbocycles. The highest BCUT2D eigenvalue weighted by Gasteiger charge is 2.16. The van der Waals surface area contributed by atoms with Gasteiger partial charge in [0.05, 0.1) is 16.9 Å². The maximum atomic E-state index is 13.6. The second-order valence-electron chi connectivity index (χ2n) is 7.40. The summed E-state index contributed by atoms with van der Waals surface area (Å²) in [5.74, 6) is 0. The van der Waals surface area contributed by atoms with Gasteiger partial charge < -0.3 is 10.3 Å². The van der Waals surface area contributed by atoms with Gasteiger partial charge in [0.2, 0.25) is 0 Å². The minimum Gasteiger partial charge on any atom is -0.353 e. The number of aromatic nitrogens is 4. The molecule has 5 aromatic rings. The summed E-state index contributed by atoms with van der Waals surface area (Å²) >= 11 is 1.16. The minimum absolute atomic E-state index is 0.181. The van der Waals surface area contributed by atoms with E-state index in [1.807, 2.05) is 30.3 Å². The molecule has 0 unspecified atom stereocenters. The first-order chi connectivity index (χ1) is 14.8. The van der Waals surface area contributed by atoms with Crippen molar-refractivity contribution in [3.05, 3.63) is 65.4 Å². The first-order valence-corrected chi connectivity index (χ1v) is 10.7. The number of pyridine rings is 1. The summed E-state index contributed by atoms with van der Waals surface area (Å²) in [4.78, 5) is 9.31. The first-order valence-electron chi connectivity index (χ1n) is 9.89. The lowest BCUT2D eigenvalue weighted by Gasteiger charge is -2.13. The molecule has 1 aliphatic rings. The predicted molar refractivity (Wildman–Crippen MR) is 120 cm³/mol. The maximum Gasteiger partial charge on any atom is 0.176 e. The van der Waals surface area contributed by atoms with Crippen LogP contribution < -0.4 is 5.32 Å². The van der Waals surface area contributed by atoms with Crippen LogP contribution in [0.5, 0.6) is 0 Å². The van der Waals surface area contributed by atoms with E-state index in [0.717, 1.165) is 80.3 Å². The summed E-state index contributed by atoms with van der Waals surface area (Å²) < 4.78 is 13.6. The molecule has 0 saturated heterocycles. The average Bonchev–Trinajstić information content (AvgIpc) is 3.51. The number of nitrogens with zero attached hydrogens (tertiary/aromatic N) is 2. The lowest BCUT2D eigenvalue weighted by molar-refractivity contribution is 0.657. The Morgan fingerprint density at radius 1 is 1.03 bits per heavy atom. The van der Waals surface area contributed by atoms with Crippen molar-refractivity contribution in [1.82, 2.24) is 25.5 Å². The fourth-order valence-electron chi connectivity index (χ4n) is 4.08. The number of nitrogens with one attached hydrogen (secondary N) is 3. The Balaban J connectivity index is 1.49. The second-order valence-corrected chi connectivity index (χ2v) is 8.44. The monoisotopic (exact) mass is 415 g/mol. The van der Waals surface area contributed by atoms with Crippen LogP contribution in [0.2, 0.25) is 0 Å². The smallest absolute Gasteiger partial charge is 0.176 e. The van der Waals surface area contributed by atoms with Crippen molar-refractivity contribution >= 4 is 38.8 Å². The van der Waals surface area contributed by atoms with Gasteiger partial charge in [-0.25, -0.2) is 4.98 Å². The SMILES string of the molecule is Fc1ccc(-c2cccc3[nH]c(-c4n[nH]c5ccc(C6=CCNCC6)nc45)cc23)s1. The molecule has 0 fully saturated rings. The van der Waals surface area contributed by atoms with E-state index in [-0.39, 0.29) is 5.13 Å². The number of fused-ring (bicyclic) bond motifs is 2. The van der Waals surface area contributed by atoms with E-state index in [1.165, 1.54) is 11.6 Å². The number of hydrogen-bond donors (Lipinski definition) is 3. The van der Waals surface area contributed by atoms with Gasteiger partial charge >= 0.3 is 0 Å². The molecule has 1 aromatic carbocycles. The van der Waals surface area contributed by atoms with Crippen molar-refractivity contribution in [3.63, 3.8) is 0 Å². The second kappa shape index (κ2) is 6.90. The van der Waals surface area contributed by atoms with Gasteiger partial charge in [0, 0.05) is 27.9 Å². The van der Waals surface area contributed by atoms with Crippen LogP contribution in [0.25, 0.3) is 49.3 Å². The molecule has 5 heterocycles. The molecule has 0 atom stereocenters. The normalized spacial score (nSPS) is 14.5. The van der Waals surface area contributed by atoms with Crippen LogP contribution in [0.4, 0.5) is 4.39 Å². The third kappa shape index (κ3) is 2.86. The Kier molecular flexibility index (Phi) is 4.04. The summed E-state index contributed by atoms with van der Waals surface area (Å²) in [5.41, 5.74) is 7.70. The molecule has 7 heteroatoms. The van der Waals surface area contributed by atoms with Crippen LogP contribution in [-0.4, -0.2) is 33.3 Å². The van der Waals surface area contributed by atoms with Gasteiger partial charge in [-0.2, -0.15) is 9.49 Å². The van der Waals surface area contributed by atoms with Gasteiger partial charge in [0.25, 0.3) is 0 Å². The Labute approximate surface area is 175 Å². The van der Waals surface area contributed by atoms with Crippen LogP contribution in [0.15, 0.2) is 54.6 Å². The number of aromatic amines is 2. The van der Waals surface area contributed by atoms with Crippen molar-refractivity contribution in [2.45, 2.75) is 6.42 Å². The van der Waals surface area contributed by atoms with Crippen molar-refractivity contribution in [2.24, 2.45) is 0 Å². The van der Waals surface area contributed by atoms with Crippen molar-refractivity contribution in [2.75, 3.05) is 13.1 Å². The van der Waals surface area contributed by atoms with Crippen LogP contribution in [-0.2, 0) is 0 Å². The van der Waals surface area contributed by atoms with Gasteiger partial charge in [-0.1, -0.05) is 18.2 Å². The number of thiophene rings is 1. The Morgan fingerprint density at radius 2 is 2.00 bits per heavy atom. The standard InChI is InChI=1S/C23H18FN5S/c24-21-7-6-20(30-21)14-2-1-3-17-15(14)12-19(26-17)23-22-18(28-29-23)5-4-16(27-22)13-8-10-25-11-9-13/h1-8,12,25-26H,9-11H2,(H,28,29). The van der Waals surface area contributed by atoms with Gasteiger partial charge in [-0.15, -0.1) is 11.3 Å². The molecule has 3 N–H and O–H groups in total. The molecule has 6 rings (SSSR count). The number of benzene rings is 1. The molecule has 0 amide bonds. The largest absolute Gasteiger partial charge is 0.353 e. The van der Waals surface area contributed by atoms with Crippen molar-refractivity contribution < 1.29 is 4.39 Å². The van der Waals surface area contributed by atoms with Crippen molar-refractivity contribution in [3.8, 4) is 21.8 Å².